The number of halogens is 1. The van der Waals surface area contributed by atoms with E-state index < -0.39 is 0 Å². The van der Waals surface area contributed by atoms with Gasteiger partial charge in [-0.15, -0.1) is 24.0 Å². The van der Waals surface area contributed by atoms with E-state index in [-0.39, 0.29) is 29.4 Å². The Labute approximate surface area is 144 Å². The van der Waals surface area contributed by atoms with Crippen LogP contribution in [0.15, 0.2) is 29.3 Å². The Morgan fingerprint density at radius 1 is 1.33 bits per heavy atom. The van der Waals surface area contributed by atoms with Gasteiger partial charge in [0, 0.05) is 18.5 Å². The van der Waals surface area contributed by atoms with Crippen LogP contribution in [0.25, 0.3) is 0 Å². The van der Waals surface area contributed by atoms with Crippen molar-refractivity contribution < 1.29 is 4.74 Å². The third-order valence-electron chi connectivity index (χ3n) is 3.96. The Morgan fingerprint density at radius 2 is 1.90 bits per heavy atom. The maximum absolute atomic E-state index is 6.04. The van der Waals surface area contributed by atoms with Crippen molar-refractivity contribution in [1.29, 1.82) is 0 Å². The summed E-state index contributed by atoms with van der Waals surface area (Å²) in [4.78, 5) is 6.65. The monoisotopic (exact) mass is 403 g/mol. The van der Waals surface area contributed by atoms with E-state index in [1.807, 2.05) is 19.2 Å². The molecule has 0 radical (unpaired) electrons. The van der Waals surface area contributed by atoms with Gasteiger partial charge in [-0.3, -0.25) is 4.99 Å². The molecular weight excluding hydrogens is 377 g/mol. The lowest BCUT2D eigenvalue weighted by Gasteiger charge is -2.25. The number of nitrogens with two attached hydrogens (primary N) is 1. The average Bonchev–Trinajstić information content (AvgIpc) is 3.28. The average molecular weight is 403 g/mol. The number of benzene rings is 1. The molecule has 118 valence electrons. The van der Waals surface area contributed by atoms with E-state index in [4.69, 9.17) is 10.5 Å². The lowest BCUT2D eigenvalue weighted by Crippen LogP contribution is -2.37. The standard InChI is InChI=1S/C16H25N3O.HI/c1-16(2,12-5-9-14(20-4)10-6-12)11-18-15(17)19(3)13-7-8-13;/h5-6,9-10,13H,7-8,11H2,1-4H3,(H2,17,18);1H. The number of ether oxygens (including phenoxy) is 1. The fourth-order valence-corrected chi connectivity index (χ4v) is 2.17. The molecule has 1 fully saturated rings. The predicted octanol–water partition coefficient (Wildman–Crippen LogP) is 3.00. The van der Waals surface area contributed by atoms with Gasteiger partial charge in [0.15, 0.2) is 5.96 Å². The molecule has 0 spiro atoms. The topological polar surface area (TPSA) is 50.9 Å². The number of nitrogens with zero attached hydrogens (tertiary/aromatic N) is 2. The lowest BCUT2D eigenvalue weighted by atomic mass is 9.85. The van der Waals surface area contributed by atoms with E-state index in [0.717, 1.165) is 5.75 Å². The number of guanidine groups is 1. The molecule has 0 heterocycles. The van der Waals surface area contributed by atoms with Crippen molar-refractivity contribution in [2.24, 2.45) is 10.7 Å². The second-order valence-corrected chi connectivity index (χ2v) is 6.13. The van der Waals surface area contributed by atoms with Crippen molar-refractivity contribution in [2.45, 2.75) is 38.1 Å². The van der Waals surface area contributed by atoms with Gasteiger partial charge in [-0.2, -0.15) is 0 Å². The van der Waals surface area contributed by atoms with Gasteiger partial charge in [-0.1, -0.05) is 26.0 Å². The Bertz CT molecular complexity index is 481. The highest BCUT2D eigenvalue weighted by molar-refractivity contribution is 14.0. The highest BCUT2D eigenvalue weighted by Crippen LogP contribution is 2.27. The van der Waals surface area contributed by atoms with Crippen LogP contribution in [-0.2, 0) is 5.41 Å². The van der Waals surface area contributed by atoms with E-state index in [1.54, 1.807) is 7.11 Å². The first-order valence-electron chi connectivity index (χ1n) is 7.11. The summed E-state index contributed by atoms with van der Waals surface area (Å²) >= 11 is 0. The highest BCUT2D eigenvalue weighted by atomic mass is 127. The quantitative estimate of drug-likeness (QED) is 0.467. The summed E-state index contributed by atoms with van der Waals surface area (Å²) in [6.45, 7) is 5.05. The summed E-state index contributed by atoms with van der Waals surface area (Å²) < 4.78 is 5.19. The van der Waals surface area contributed by atoms with Gasteiger partial charge < -0.3 is 15.4 Å². The van der Waals surface area contributed by atoms with Crippen LogP contribution in [0, 0.1) is 0 Å². The summed E-state index contributed by atoms with van der Waals surface area (Å²) in [5.41, 5.74) is 7.24. The van der Waals surface area contributed by atoms with Gasteiger partial charge in [0.2, 0.25) is 0 Å². The van der Waals surface area contributed by atoms with Gasteiger partial charge >= 0.3 is 0 Å². The lowest BCUT2D eigenvalue weighted by molar-refractivity contribution is 0.414. The fraction of sp³-hybridized carbons (Fsp3) is 0.562. The van der Waals surface area contributed by atoms with Crippen LogP contribution in [0.2, 0.25) is 0 Å². The van der Waals surface area contributed by atoms with Crippen LogP contribution in [-0.4, -0.2) is 37.6 Å². The summed E-state index contributed by atoms with van der Waals surface area (Å²) in [5.74, 6) is 1.52. The molecule has 0 amide bonds. The number of hydrogen-bond donors (Lipinski definition) is 1. The molecule has 5 heteroatoms. The molecule has 0 aliphatic heterocycles. The zero-order valence-corrected chi connectivity index (χ0v) is 15.6. The first kappa shape index (κ1) is 18.1. The highest BCUT2D eigenvalue weighted by Gasteiger charge is 2.28. The van der Waals surface area contributed by atoms with Crippen LogP contribution < -0.4 is 10.5 Å². The first-order valence-corrected chi connectivity index (χ1v) is 7.11. The first-order chi connectivity index (χ1) is 9.44. The molecule has 0 saturated heterocycles. The summed E-state index contributed by atoms with van der Waals surface area (Å²) in [6, 6.07) is 8.76. The summed E-state index contributed by atoms with van der Waals surface area (Å²) in [6.07, 6.45) is 2.46. The maximum Gasteiger partial charge on any atom is 0.191 e. The smallest absolute Gasteiger partial charge is 0.191 e. The second-order valence-electron chi connectivity index (χ2n) is 6.13. The molecule has 0 atom stereocenters. The molecule has 4 nitrogen and oxygen atoms in total. The molecule has 2 rings (SSSR count). The normalized spacial score (nSPS) is 15.3. The van der Waals surface area contributed by atoms with Crippen molar-refractivity contribution in [3.8, 4) is 5.75 Å². The second kappa shape index (κ2) is 7.33. The Morgan fingerprint density at radius 3 is 2.38 bits per heavy atom. The molecule has 21 heavy (non-hydrogen) atoms. The van der Waals surface area contributed by atoms with E-state index >= 15 is 0 Å². The molecular formula is C16H26IN3O. The molecule has 1 aliphatic rings. The molecule has 1 aromatic carbocycles. The van der Waals surface area contributed by atoms with Crippen LogP contribution in [0.4, 0.5) is 0 Å². The molecule has 1 aliphatic carbocycles. The SMILES string of the molecule is COc1ccc(C(C)(C)CN=C(N)N(C)C2CC2)cc1.I. The summed E-state index contributed by atoms with van der Waals surface area (Å²) in [5, 5.41) is 0. The van der Waals surface area contributed by atoms with Crippen molar-refractivity contribution in [3.05, 3.63) is 29.8 Å². The van der Waals surface area contributed by atoms with E-state index in [0.29, 0.717) is 18.5 Å². The van der Waals surface area contributed by atoms with Crippen LogP contribution in [0.1, 0.15) is 32.3 Å². The van der Waals surface area contributed by atoms with Crippen molar-refractivity contribution in [2.75, 3.05) is 20.7 Å². The van der Waals surface area contributed by atoms with Crippen LogP contribution >= 0.6 is 24.0 Å². The van der Waals surface area contributed by atoms with Crippen LogP contribution in [0.3, 0.4) is 0 Å². The number of methoxy groups -OCH3 is 1. The number of aliphatic imine (C=N–C) groups is 1. The third-order valence-corrected chi connectivity index (χ3v) is 3.96. The molecule has 1 aromatic rings. The molecule has 0 bridgehead atoms. The van der Waals surface area contributed by atoms with E-state index in [9.17, 15) is 0 Å². The van der Waals surface area contributed by atoms with Crippen LogP contribution in [0.5, 0.6) is 5.75 Å². The minimum atomic E-state index is -0.0404. The predicted molar refractivity (Wildman–Crippen MR) is 98.7 cm³/mol. The van der Waals surface area contributed by atoms with E-state index in [1.165, 1.54) is 18.4 Å². The van der Waals surface area contributed by atoms with E-state index in [2.05, 4.69) is 35.9 Å². The Balaban J connectivity index is 0.00000220. The van der Waals surface area contributed by atoms with Gasteiger partial charge in [0.25, 0.3) is 0 Å². The van der Waals surface area contributed by atoms with Gasteiger partial charge in [-0.25, -0.2) is 0 Å². The minimum Gasteiger partial charge on any atom is -0.497 e. The zero-order chi connectivity index (χ0) is 14.8. The van der Waals surface area contributed by atoms with Gasteiger partial charge in [0.1, 0.15) is 5.75 Å². The third kappa shape index (κ3) is 4.76. The molecule has 0 unspecified atom stereocenters. The largest absolute Gasteiger partial charge is 0.497 e. The Kier molecular flexibility index (Phi) is 6.31. The number of rotatable bonds is 5. The maximum atomic E-state index is 6.04. The molecule has 0 aromatic heterocycles. The fourth-order valence-electron chi connectivity index (χ4n) is 2.17. The number of hydrogen-bond acceptors (Lipinski definition) is 2. The molecule has 1 saturated carbocycles. The molecule has 2 N–H and O–H groups in total. The van der Waals surface area contributed by atoms with Crippen molar-refractivity contribution in [3.63, 3.8) is 0 Å². The summed E-state index contributed by atoms with van der Waals surface area (Å²) in [7, 11) is 3.70. The minimum absolute atomic E-state index is 0. The Hall–Kier alpha value is -0.980. The van der Waals surface area contributed by atoms with Crippen molar-refractivity contribution in [1.82, 2.24) is 4.90 Å². The van der Waals surface area contributed by atoms with Crippen molar-refractivity contribution >= 4 is 29.9 Å². The zero-order valence-electron chi connectivity index (χ0n) is 13.3. The van der Waals surface area contributed by atoms with Gasteiger partial charge in [-0.05, 0) is 30.5 Å². The van der Waals surface area contributed by atoms with Gasteiger partial charge in [0.05, 0.1) is 13.7 Å².